The molecule has 0 aliphatic heterocycles. The van der Waals surface area contributed by atoms with Crippen LogP contribution in [0, 0.1) is 5.41 Å². The zero-order valence-electron chi connectivity index (χ0n) is 6.64. The van der Waals surface area contributed by atoms with Gasteiger partial charge in [0.05, 0.1) is 7.74 Å². The van der Waals surface area contributed by atoms with Crippen molar-refractivity contribution in [3.63, 3.8) is 0 Å². The Bertz CT molecular complexity index is 77.6. The molecule has 0 aromatic rings. The number of hydrogen-bond acceptors (Lipinski definition) is 1. The first kappa shape index (κ1) is 9.09. The SMILES string of the molecule is [B][B]OC(C)C(C)(C)C. The van der Waals surface area contributed by atoms with Gasteiger partial charge in [-0.15, -0.1) is 0 Å². The van der Waals surface area contributed by atoms with E-state index in [4.69, 9.17) is 12.4 Å². The lowest BCUT2D eigenvalue weighted by Crippen LogP contribution is -2.27. The molecule has 0 saturated carbocycles. The molecule has 9 heavy (non-hydrogen) atoms. The van der Waals surface area contributed by atoms with Crippen molar-refractivity contribution in [2.45, 2.75) is 33.8 Å². The summed E-state index contributed by atoms with van der Waals surface area (Å²) in [5.74, 6) is 0. The Labute approximate surface area is 59.8 Å². The zero-order valence-corrected chi connectivity index (χ0v) is 6.64. The molecule has 0 bridgehead atoms. The summed E-state index contributed by atoms with van der Waals surface area (Å²) in [6, 6.07) is 0. The molecule has 0 aliphatic carbocycles. The Kier molecular flexibility index (Phi) is 3.34. The van der Waals surface area contributed by atoms with E-state index in [1.54, 1.807) is 0 Å². The maximum atomic E-state index is 5.08. The van der Waals surface area contributed by atoms with E-state index in [2.05, 4.69) is 20.8 Å². The first-order valence-corrected chi connectivity index (χ1v) is 3.17. The molecule has 0 heterocycles. The second kappa shape index (κ2) is 3.31. The largest absolute Gasteiger partial charge is 0.449 e. The molecular weight excluding hydrogens is 110 g/mol. The van der Waals surface area contributed by atoms with Gasteiger partial charge in [0, 0.05) is 6.10 Å². The van der Waals surface area contributed by atoms with Crippen molar-refractivity contribution in [3.8, 4) is 0 Å². The van der Waals surface area contributed by atoms with E-state index in [9.17, 15) is 0 Å². The Balaban J connectivity index is 3.59. The fraction of sp³-hybridized carbons (Fsp3) is 1.00. The standard InChI is InChI=1S/C6H13B2O/c1-5(9-8-7)6(2,3)4/h5H,1-4H3. The fourth-order valence-electron chi connectivity index (χ4n) is 0.322. The van der Waals surface area contributed by atoms with Crippen LogP contribution in [0.15, 0.2) is 0 Å². The average molecular weight is 123 g/mol. The molecule has 3 radical (unpaired) electrons. The van der Waals surface area contributed by atoms with Crippen molar-refractivity contribution in [2.75, 3.05) is 0 Å². The minimum atomic E-state index is 0.176. The van der Waals surface area contributed by atoms with Gasteiger partial charge < -0.3 is 4.65 Å². The van der Waals surface area contributed by atoms with E-state index in [1.807, 2.05) is 6.92 Å². The van der Waals surface area contributed by atoms with E-state index < -0.39 is 0 Å². The molecule has 3 heteroatoms. The smallest absolute Gasteiger partial charge is 0.230 e. The summed E-state index contributed by atoms with van der Waals surface area (Å²) in [4.78, 5) is 0. The van der Waals surface area contributed by atoms with E-state index in [0.717, 1.165) is 0 Å². The molecule has 0 saturated heterocycles. The molecule has 0 aromatic carbocycles. The van der Waals surface area contributed by atoms with Crippen molar-refractivity contribution < 1.29 is 4.65 Å². The van der Waals surface area contributed by atoms with Crippen LogP contribution in [0.25, 0.3) is 0 Å². The summed E-state index contributed by atoms with van der Waals surface area (Å²) in [5.41, 5.74) is 0.176. The predicted molar refractivity (Wildman–Crippen MR) is 41.5 cm³/mol. The second-order valence-corrected chi connectivity index (χ2v) is 3.28. The van der Waals surface area contributed by atoms with Gasteiger partial charge in [-0.2, -0.15) is 0 Å². The Morgan fingerprint density at radius 2 is 1.89 bits per heavy atom. The highest BCUT2D eigenvalue weighted by Crippen LogP contribution is 2.20. The highest BCUT2D eigenvalue weighted by Gasteiger charge is 2.18. The van der Waals surface area contributed by atoms with Gasteiger partial charge in [-0.3, -0.25) is 0 Å². The van der Waals surface area contributed by atoms with Gasteiger partial charge in [0.2, 0.25) is 7.37 Å². The van der Waals surface area contributed by atoms with Gasteiger partial charge in [0.25, 0.3) is 0 Å². The molecule has 1 atom stereocenters. The molecule has 49 valence electrons. The molecule has 1 nitrogen and oxygen atoms in total. The van der Waals surface area contributed by atoms with Crippen molar-refractivity contribution >= 4 is 15.1 Å². The van der Waals surface area contributed by atoms with Crippen LogP contribution in [0.5, 0.6) is 0 Å². The lowest BCUT2D eigenvalue weighted by Gasteiger charge is -2.27. The van der Waals surface area contributed by atoms with Crippen LogP contribution in [0.2, 0.25) is 0 Å². The molecule has 0 amide bonds. The molecule has 0 aromatic heterocycles. The molecule has 0 spiro atoms. The highest BCUT2D eigenvalue weighted by atomic mass is 16.4. The number of hydrogen-bond donors (Lipinski definition) is 0. The van der Waals surface area contributed by atoms with E-state index in [1.165, 1.54) is 7.37 Å². The van der Waals surface area contributed by atoms with Crippen molar-refractivity contribution in [3.05, 3.63) is 0 Å². The van der Waals surface area contributed by atoms with Gasteiger partial charge in [0.15, 0.2) is 0 Å². The van der Waals surface area contributed by atoms with Crippen LogP contribution in [-0.4, -0.2) is 21.2 Å². The van der Waals surface area contributed by atoms with Crippen molar-refractivity contribution in [2.24, 2.45) is 5.41 Å². The van der Waals surface area contributed by atoms with Crippen molar-refractivity contribution in [1.82, 2.24) is 0 Å². The van der Waals surface area contributed by atoms with Gasteiger partial charge >= 0.3 is 0 Å². The third kappa shape index (κ3) is 3.63. The van der Waals surface area contributed by atoms with Gasteiger partial charge in [-0.05, 0) is 12.3 Å². The molecule has 0 N–H and O–H groups in total. The quantitative estimate of drug-likeness (QED) is 0.500. The average Bonchev–Trinajstić information content (AvgIpc) is 1.64. The van der Waals surface area contributed by atoms with Crippen LogP contribution >= 0.6 is 0 Å². The Morgan fingerprint density at radius 1 is 1.44 bits per heavy atom. The first-order valence-electron chi connectivity index (χ1n) is 3.17. The highest BCUT2D eigenvalue weighted by molar-refractivity contribution is 6.85. The molecule has 0 fully saturated rings. The minimum absolute atomic E-state index is 0.176. The second-order valence-electron chi connectivity index (χ2n) is 3.28. The van der Waals surface area contributed by atoms with Crippen LogP contribution in [-0.2, 0) is 4.65 Å². The van der Waals surface area contributed by atoms with Crippen LogP contribution in [0.1, 0.15) is 27.7 Å². The normalized spacial score (nSPS) is 15.1. The maximum absolute atomic E-state index is 5.08. The Hall–Kier alpha value is 0.0899. The van der Waals surface area contributed by atoms with E-state index >= 15 is 0 Å². The minimum Gasteiger partial charge on any atom is -0.449 e. The summed E-state index contributed by atoms with van der Waals surface area (Å²) in [7, 11) is 6.32. The molecular formula is C6H13B2O. The van der Waals surface area contributed by atoms with Gasteiger partial charge in [0.1, 0.15) is 0 Å². The van der Waals surface area contributed by atoms with E-state index in [-0.39, 0.29) is 11.5 Å². The summed E-state index contributed by atoms with van der Waals surface area (Å²) >= 11 is 0. The van der Waals surface area contributed by atoms with E-state index in [0.29, 0.717) is 0 Å². The molecule has 0 aliphatic rings. The summed E-state index contributed by atoms with van der Waals surface area (Å²) < 4.78 is 5.06. The van der Waals surface area contributed by atoms with Gasteiger partial charge in [-0.1, -0.05) is 20.8 Å². The number of rotatable bonds is 2. The predicted octanol–water partition coefficient (Wildman–Crippen LogP) is 1.14. The lowest BCUT2D eigenvalue weighted by molar-refractivity contribution is 0.112. The van der Waals surface area contributed by atoms with Gasteiger partial charge in [-0.25, -0.2) is 0 Å². The third-order valence-corrected chi connectivity index (χ3v) is 1.50. The van der Waals surface area contributed by atoms with Crippen molar-refractivity contribution in [1.29, 1.82) is 0 Å². The van der Waals surface area contributed by atoms with Crippen LogP contribution in [0.3, 0.4) is 0 Å². The fourth-order valence-corrected chi connectivity index (χ4v) is 0.322. The Morgan fingerprint density at radius 3 is 2.00 bits per heavy atom. The summed E-state index contributed by atoms with van der Waals surface area (Å²) in [6.07, 6.45) is 0.183. The topological polar surface area (TPSA) is 9.23 Å². The summed E-state index contributed by atoms with van der Waals surface area (Å²) in [6.45, 7) is 8.34. The molecule has 1 unspecified atom stereocenters. The summed E-state index contributed by atoms with van der Waals surface area (Å²) in [5, 5.41) is 0. The zero-order chi connectivity index (χ0) is 7.49. The third-order valence-electron chi connectivity index (χ3n) is 1.50. The maximum Gasteiger partial charge on any atom is 0.230 e. The monoisotopic (exact) mass is 123 g/mol. The molecule has 0 rings (SSSR count). The van der Waals surface area contributed by atoms with Crippen LogP contribution in [0.4, 0.5) is 0 Å². The first-order chi connectivity index (χ1) is 3.98. The van der Waals surface area contributed by atoms with Crippen LogP contribution < -0.4 is 0 Å². The lowest BCUT2D eigenvalue weighted by atomic mass is 9.71.